The molecule has 10 aromatic carbocycles. The molecule has 678 valence electrons. The molecular weight excluding hydrogens is 1630 g/mol. The number of aliphatic hydroxyl groups excluding tert-OH is 4. The lowest BCUT2D eigenvalue weighted by Crippen LogP contribution is -3.00. The van der Waals surface area contributed by atoms with Crippen LogP contribution in [-0.2, 0) is 4.74 Å². The van der Waals surface area contributed by atoms with Gasteiger partial charge in [0.2, 0.25) is 0 Å². The molecule has 1 aliphatic heterocycles. The number of nitrogens with one attached hydrogen (secondary N) is 7. The largest absolute Gasteiger partial charge is 1.00 e. The molecule has 0 bridgehead atoms. The molecule has 5 aliphatic carbocycles. The molecule has 5 atom stereocenters. The number of halogens is 1. The number of quaternary nitrogens is 1. The third-order valence-electron chi connectivity index (χ3n) is 24.3. The molecule has 0 amide bonds. The van der Waals surface area contributed by atoms with Crippen molar-refractivity contribution < 1.29 is 66.0 Å². The zero-order chi connectivity index (χ0) is 89.4. The van der Waals surface area contributed by atoms with Gasteiger partial charge in [-0.3, -0.25) is 24.0 Å². The monoisotopic (exact) mass is 1760 g/mol. The summed E-state index contributed by atoms with van der Waals surface area (Å²) in [5.41, 5.74) is 47.5. The smallest absolute Gasteiger partial charge is 0.195 e. The molecule has 23 N–H and O–H groups in total. The molecule has 128 heavy (non-hydrogen) atoms. The van der Waals surface area contributed by atoms with Gasteiger partial charge in [-0.2, -0.15) is 0 Å². The van der Waals surface area contributed by atoms with Crippen molar-refractivity contribution in [2.75, 3.05) is 157 Å². The highest BCUT2D eigenvalue weighted by atomic mass is 35.5. The summed E-state index contributed by atoms with van der Waals surface area (Å²) in [6.07, 6.45) is 13.7. The molecule has 24 nitrogen and oxygen atoms in total. The van der Waals surface area contributed by atoms with Gasteiger partial charge in [0.25, 0.3) is 0 Å². The quantitative estimate of drug-likeness (QED) is 0.0152. The van der Waals surface area contributed by atoms with E-state index in [0.717, 1.165) is 265 Å². The van der Waals surface area contributed by atoms with E-state index in [1.807, 2.05) is 103 Å². The number of ether oxygens (including phenoxy) is 1. The molecule has 0 radical (unpaired) electrons. The van der Waals surface area contributed by atoms with Crippen LogP contribution in [0.25, 0.3) is 84.2 Å². The molecule has 6 aliphatic rings. The standard InChI is InChI=1S/C23H32N4O.C21H27N3O.C20H27N4O.C20H21NO6.C19H22N2O.ClH/c24-10-12-26-14-16-27-15-13-25-11-2-1-5-20-17-19-8-3-6-18-7-4-9-21(22(18)19)23(20)28;22-10-12-24-14-13-23-11-2-1-5-18-15-17-8-3-6-16-7-4-9-19(20(16)17)21(18)25;21-7-10-24(11-8-22,12-9-23)14-17-13-16-5-1-3-15-4-2-6-18(19(15)16)20(17)25;22-9-14-18(24)19(25)16(20(26)27-14)21-8-12-7-11-5-1-3-10-4-2-6-13(15(10)11)17(12)23;20-10-12-21-11-2-1-5-16-13-15-8-3-6-14-7-4-9-17(18(14)15)19(16)22;/h3-4,6-9,17,25-27H,1-2,5,10-16,24H2;3-4,6-9,15,23-24H,1-2,5,10-14,22H2;1-6,13H,7-12,14,21-23H2;1-7,14,16,18-22,24-26H,8-9H2;3-4,6-9,13,21H,1-2,5,10-12,20H2;1H/q;;+1;;;/p-1. The van der Waals surface area contributed by atoms with E-state index < -0.39 is 37.3 Å². The third kappa shape index (κ3) is 25.2. The number of Topliss-reactive ketones (excluding diaryl/α,β-unsaturated/α-hetero) is 5. The minimum absolute atomic E-state index is 0. The van der Waals surface area contributed by atoms with Gasteiger partial charge in [-0.15, -0.1) is 0 Å². The Morgan fingerprint density at radius 1 is 0.312 bits per heavy atom. The predicted molar refractivity (Wildman–Crippen MR) is 516 cm³/mol. The predicted octanol–water partition coefficient (Wildman–Crippen LogP) is 6.11. The molecule has 1 saturated heterocycles. The van der Waals surface area contributed by atoms with Gasteiger partial charge < -0.3 is 114 Å². The first-order valence-corrected chi connectivity index (χ1v) is 45.3. The number of nitrogens with zero attached hydrogens (tertiary/aromatic N) is 1. The number of carbonyl (C=O) groups excluding carboxylic acids is 5. The summed E-state index contributed by atoms with van der Waals surface area (Å²) in [4.78, 5) is 64.2. The van der Waals surface area contributed by atoms with Crippen molar-refractivity contribution in [1.82, 2.24) is 37.2 Å². The Labute approximate surface area is 757 Å². The fraction of sp³-hybridized carbons (Fsp3) is 0.369. The second-order valence-corrected chi connectivity index (χ2v) is 33.2. The van der Waals surface area contributed by atoms with Crippen LogP contribution in [0, 0.1) is 0 Å². The zero-order valence-electron chi connectivity index (χ0n) is 73.5. The highest BCUT2D eigenvalue weighted by Crippen LogP contribution is 2.39. The van der Waals surface area contributed by atoms with Gasteiger partial charge in [0.1, 0.15) is 24.9 Å². The number of hydrogen-bond acceptors (Lipinski definition) is 23. The molecule has 10 aromatic rings. The number of unbranched alkanes of at least 4 members (excludes halogenated alkanes) is 3. The number of hydrogen-bond donors (Lipinski definition) is 17. The minimum Gasteiger partial charge on any atom is -1.00 e. The van der Waals surface area contributed by atoms with Gasteiger partial charge in [-0.05, 0) is 163 Å². The van der Waals surface area contributed by atoms with E-state index in [0.29, 0.717) is 61.4 Å². The van der Waals surface area contributed by atoms with E-state index in [9.17, 15) is 39.3 Å². The number of allylic oxidation sites excluding steroid dienone is 3. The fourth-order valence-electron chi connectivity index (χ4n) is 17.9. The fourth-order valence-corrected chi connectivity index (χ4v) is 17.9. The molecule has 1 heterocycles. The Bertz CT molecular complexity index is 5570. The van der Waals surface area contributed by atoms with Crippen molar-refractivity contribution in [1.29, 1.82) is 0 Å². The highest BCUT2D eigenvalue weighted by molar-refractivity contribution is 6.26. The van der Waals surface area contributed by atoms with Crippen LogP contribution in [0.4, 0.5) is 0 Å². The average Bonchev–Trinajstić information content (AvgIpc) is 0.770. The number of nitrogens with two attached hydrogens (primary N) is 6. The SMILES string of the molecule is NCCNCCCCC1=Cc2cccc3cccc(c23)C1=O.NCCNCCNCCCCC1=Cc2cccc3cccc(c23)C1=O.NCCNCCNCCNCCCCC1=Cc2cccc3cccc(c23)C1=O.NCC[N+](CCN)(CCN)CC1=Cc2cccc3cccc(c23)C1=O.O=C1C(CNC2C(O)OC(CO)C(O)C2O)=Cc2cccc3cccc1c23.[Cl-]. The second-order valence-electron chi connectivity index (χ2n) is 33.2. The molecule has 0 aromatic heterocycles. The average molecular weight is 1760 g/mol. The normalized spacial score (nSPS) is 17.0. The van der Waals surface area contributed by atoms with Crippen LogP contribution < -0.4 is 84.0 Å². The van der Waals surface area contributed by atoms with Gasteiger partial charge >= 0.3 is 0 Å². The summed E-state index contributed by atoms with van der Waals surface area (Å²) >= 11 is 0. The van der Waals surface area contributed by atoms with Crippen molar-refractivity contribution in [3.8, 4) is 0 Å². The maximum absolute atomic E-state index is 13.1. The van der Waals surface area contributed by atoms with Crippen LogP contribution in [-0.4, -0.2) is 242 Å². The second kappa shape index (κ2) is 50.3. The minimum atomic E-state index is -1.42. The highest BCUT2D eigenvalue weighted by Gasteiger charge is 2.44. The van der Waals surface area contributed by atoms with Crippen molar-refractivity contribution in [3.05, 3.63) is 265 Å². The summed E-state index contributed by atoms with van der Waals surface area (Å²) < 4.78 is 5.79. The van der Waals surface area contributed by atoms with Crippen LogP contribution in [0.15, 0.2) is 210 Å². The molecule has 0 saturated carbocycles. The van der Waals surface area contributed by atoms with Crippen molar-refractivity contribution in [3.63, 3.8) is 0 Å². The lowest BCUT2D eigenvalue weighted by atomic mass is 9.86. The van der Waals surface area contributed by atoms with Crippen LogP contribution >= 0.6 is 0 Å². The topological polar surface area (TPSA) is 416 Å². The maximum Gasteiger partial charge on any atom is 0.195 e. The number of aliphatic hydroxyl groups is 4. The molecule has 25 heteroatoms. The first-order chi connectivity index (χ1) is 62.1. The van der Waals surface area contributed by atoms with E-state index >= 15 is 0 Å². The van der Waals surface area contributed by atoms with Gasteiger partial charge in [0.05, 0.1) is 37.9 Å². The molecule has 0 spiro atoms. The summed E-state index contributed by atoms with van der Waals surface area (Å²) in [5, 5.41) is 73.2. The lowest BCUT2D eigenvalue weighted by Gasteiger charge is -2.40. The number of ketones is 5. The van der Waals surface area contributed by atoms with Crippen molar-refractivity contribution in [2.24, 2.45) is 34.4 Å². The van der Waals surface area contributed by atoms with E-state index in [1.54, 1.807) is 12.1 Å². The molecule has 1 fully saturated rings. The first kappa shape index (κ1) is 98.7. The Hall–Kier alpha value is -9.92. The Kier molecular flexibility index (Phi) is 38.8. The van der Waals surface area contributed by atoms with E-state index in [4.69, 9.17) is 44.2 Å². The summed E-state index contributed by atoms with van der Waals surface area (Å²) in [6, 6.07) is 59.2. The van der Waals surface area contributed by atoms with Crippen LogP contribution in [0.2, 0.25) is 0 Å². The Morgan fingerprint density at radius 2 is 0.578 bits per heavy atom. The van der Waals surface area contributed by atoms with Crippen LogP contribution in [0.3, 0.4) is 0 Å². The van der Waals surface area contributed by atoms with Crippen molar-refractivity contribution in [2.45, 2.75) is 88.4 Å². The third-order valence-corrected chi connectivity index (χ3v) is 24.3. The van der Waals surface area contributed by atoms with Gasteiger partial charge in [0.15, 0.2) is 35.2 Å². The van der Waals surface area contributed by atoms with Gasteiger partial charge in [0, 0.05) is 182 Å². The van der Waals surface area contributed by atoms with Crippen molar-refractivity contribution >= 4 is 113 Å². The zero-order valence-corrected chi connectivity index (χ0v) is 74.2. The molecule has 5 unspecified atom stereocenters. The maximum atomic E-state index is 13.1. The lowest BCUT2D eigenvalue weighted by molar-refractivity contribution is -0.919. The summed E-state index contributed by atoms with van der Waals surface area (Å²) in [6.45, 7) is 17.5. The number of rotatable bonds is 42. The Morgan fingerprint density at radius 3 is 0.883 bits per heavy atom. The Balaban J connectivity index is 0.000000155. The van der Waals surface area contributed by atoms with E-state index in [-0.39, 0.29) is 47.9 Å². The number of benzene rings is 10. The number of carbonyl (C=O) groups is 5. The van der Waals surface area contributed by atoms with Gasteiger partial charge in [-0.1, -0.05) is 182 Å². The summed E-state index contributed by atoms with van der Waals surface area (Å²) in [5.74, 6) is 0.575. The van der Waals surface area contributed by atoms with Gasteiger partial charge in [-0.25, -0.2) is 0 Å². The van der Waals surface area contributed by atoms with Crippen LogP contribution in [0.1, 0.15) is 137 Å². The van der Waals surface area contributed by atoms with E-state index in [1.165, 1.54) is 16.7 Å². The molecule has 16 rings (SSSR count). The molecular formula is C103H129ClN14O10. The van der Waals surface area contributed by atoms with E-state index in [2.05, 4.69) is 134 Å². The summed E-state index contributed by atoms with van der Waals surface area (Å²) in [7, 11) is 0. The van der Waals surface area contributed by atoms with Crippen LogP contribution in [0.5, 0.6) is 0 Å². The first-order valence-electron chi connectivity index (χ1n) is 45.3.